The molecule has 0 aromatic heterocycles. The first-order valence-corrected chi connectivity index (χ1v) is 5.93. The molecule has 0 aliphatic rings. The highest BCUT2D eigenvalue weighted by molar-refractivity contribution is 9.10. The van der Waals surface area contributed by atoms with E-state index in [2.05, 4.69) is 15.9 Å². The van der Waals surface area contributed by atoms with Crippen LogP contribution < -0.4 is 5.73 Å². The first kappa shape index (κ1) is 12.5. The maximum atomic E-state index is 11.1. The average molecular weight is 309 g/mol. The molecule has 0 aliphatic carbocycles. The average Bonchev–Trinajstić information content (AvgIpc) is 2.32. The third kappa shape index (κ3) is 2.19. The Morgan fingerprint density at radius 1 is 1.33 bits per heavy atom. The molecule has 5 nitrogen and oxygen atoms in total. The maximum Gasteiger partial charge on any atom is 0.274 e. The molecule has 2 aromatic rings. The zero-order valence-electron chi connectivity index (χ0n) is 9.22. The highest BCUT2D eigenvalue weighted by atomic mass is 79.9. The maximum absolute atomic E-state index is 11.1. The number of benzene rings is 2. The van der Waals surface area contributed by atoms with Gasteiger partial charge in [0.2, 0.25) is 5.91 Å². The van der Waals surface area contributed by atoms with Crippen molar-refractivity contribution in [2.45, 2.75) is 6.42 Å². The number of halogens is 1. The Balaban J connectivity index is 2.83. The number of carbonyl (C=O) groups is 1. The third-order valence-electron chi connectivity index (χ3n) is 2.63. The molecule has 0 bridgehead atoms. The molecule has 1 amide bonds. The van der Waals surface area contributed by atoms with Gasteiger partial charge in [0.05, 0.1) is 11.3 Å². The summed E-state index contributed by atoms with van der Waals surface area (Å²) in [5.74, 6) is -0.592. The molecule has 18 heavy (non-hydrogen) atoms. The molecular weight excluding hydrogens is 300 g/mol. The highest BCUT2D eigenvalue weighted by Gasteiger charge is 2.20. The fraction of sp³-hybridized carbons (Fsp3) is 0.0833. The van der Waals surface area contributed by atoms with E-state index in [0.717, 1.165) is 5.39 Å². The quantitative estimate of drug-likeness (QED) is 0.698. The van der Waals surface area contributed by atoms with Crippen molar-refractivity contribution in [3.8, 4) is 0 Å². The van der Waals surface area contributed by atoms with Crippen molar-refractivity contribution < 1.29 is 9.72 Å². The Hall–Kier alpha value is -1.95. The summed E-state index contributed by atoms with van der Waals surface area (Å²) in [7, 11) is 0. The van der Waals surface area contributed by atoms with Gasteiger partial charge in [-0.3, -0.25) is 14.9 Å². The number of nitro benzene ring substituents is 1. The molecule has 92 valence electrons. The van der Waals surface area contributed by atoms with E-state index >= 15 is 0 Å². The molecule has 0 atom stereocenters. The van der Waals surface area contributed by atoms with E-state index in [1.165, 1.54) is 6.07 Å². The second-order valence-corrected chi connectivity index (χ2v) is 4.66. The topological polar surface area (TPSA) is 86.2 Å². The van der Waals surface area contributed by atoms with E-state index in [4.69, 9.17) is 5.73 Å². The minimum Gasteiger partial charge on any atom is -0.369 e. The van der Waals surface area contributed by atoms with Gasteiger partial charge in [-0.1, -0.05) is 24.3 Å². The standard InChI is InChI=1S/C12H9BrN2O3/c13-10-6-11(15(17)18)9(5-12(14)16)7-3-1-2-4-8(7)10/h1-4,6H,5H2,(H2,14,16). The van der Waals surface area contributed by atoms with Crippen LogP contribution in [0.4, 0.5) is 5.69 Å². The summed E-state index contributed by atoms with van der Waals surface area (Å²) in [6.07, 6.45) is -0.149. The Kier molecular flexibility index (Phi) is 3.29. The van der Waals surface area contributed by atoms with Crippen molar-refractivity contribution in [1.82, 2.24) is 0 Å². The zero-order chi connectivity index (χ0) is 13.3. The van der Waals surface area contributed by atoms with Gasteiger partial charge >= 0.3 is 0 Å². The SMILES string of the molecule is NC(=O)Cc1c([N+](=O)[O-])cc(Br)c2ccccc12. The van der Waals surface area contributed by atoms with Crippen LogP contribution in [0.25, 0.3) is 10.8 Å². The van der Waals surface area contributed by atoms with Gasteiger partial charge in [-0.2, -0.15) is 0 Å². The zero-order valence-corrected chi connectivity index (χ0v) is 10.8. The number of hydrogen-bond donors (Lipinski definition) is 1. The van der Waals surface area contributed by atoms with Crippen LogP contribution in [-0.2, 0) is 11.2 Å². The Morgan fingerprint density at radius 2 is 1.94 bits per heavy atom. The molecule has 0 heterocycles. The number of fused-ring (bicyclic) bond motifs is 1. The van der Waals surface area contributed by atoms with Crippen molar-refractivity contribution in [2.24, 2.45) is 5.73 Å². The van der Waals surface area contributed by atoms with Crippen LogP contribution in [0.3, 0.4) is 0 Å². The number of amides is 1. The second-order valence-electron chi connectivity index (χ2n) is 3.80. The predicted octanol–water partition coefficient (Wildman–Crippen LogP) is 2.54. The first-order chi connectivity index (χ1) is 8.50. The van der Waals surface area contributed by atoms with Crippen LogP contribution in [-0.4, -0.2) is 10.8 Å². The van der Waals surface area contributed by atoms with E-state index in [1.54, 1.807) is 12.1 Å². The van der Waals surface area contributed by atoms with Gasteiger partial charge in [0, 0.05) is 16.1 Å². The number of nitrogens with two attached hydrogens (primary N) is 1. The lowest BCUT2D eigenvalue weighted by atomic mass is 10.00. The largest absolute Gasteiger partial charge is 0.369 e. The minimum absolute atomic E-state index is 0.0978. The molecule has 2 N–H and O–H groups in total. The Morgan fingerprint density at radius 3 is 2.50 bits per heavy atom. The molecule has 0 spiro atoms. The molecule has 2 aromatic carbocycles. The Bertz CT molecular complexity index is 655. The van der Waals surface area contributed by atoms with Gasteiger partial charge < -0.3 is 5.73 Å². The molecule has 6 heteroatoms. The van der Waals surface area contributed by atoms with E-state index in [0.29, 0.717) is 15.4 Å². The fourth-order valence-corrected chi connectivity index (χ4v) is 2.46. The van der Waals surface area contributed by atoms with Gasteiger partial charge in [-0.25, -0.2) is 0 Å². The summed E-state index contributed by atoms with van der Waals surface area (Å²) >= 11 is 3.30. The van der Waals surface area contributed by atoms with Crippen LogP contribution in [0, 0.1) is 10.1 Å². The number of carbonyl (C=O) groups excluding carboxylic acids is 1. The number of rotatable bonds is 3. The molecule has 2 rings (SSSR count). The van der Waals surface area contributed by atoms with Gasteiger partial charge in [0.15, 0.2) is 0 Å². The number of hydrogen-bond acceptors (Lipinski definition) is 3. The van der Waals surface area contributed by atoms with E-state index in [1.807, 2.05) is 12.1 Å². The molecule has 0 saturated carbocycles. The van der Waals surface area contributed by atoms with Crippen molar-refractivity contribution >= 4 is 38.3 Å². The van der Waals surface area contributed by atoms with Crippen molar-refractivity contribution in [3.05, 3.63) is 50.5 Å². The third-order valence-corrected chi connectivity index (χ3v) is 3.29. The van der Waals surface area contributed by atoms with Crippen LogP contribution in [0.15, 0.2) is 34.8 Å². The van der Waals surface area contributed by atoms with Crippen LogP contribution in [0.2, 0.25) is 0 Å². The highest BCUT2D eigenvalue weighted by Crippen LogP contribution is 2.34. The smallest absolute Gasteiger partial charge is 0.274 e. The summed E-state index contributed by atoms with van der Waals surface area (Å²) in [6, 6.07) is 8.57. The van der Waals surface area contributed by atoms with Crippen LogP contribution >= 0.6 is 15.9 Å². The van der Waals surface area contributed by atoms with E-state index in [9.17, 15) is 14.9 Å². The summed E-state index contributed by atoms with van der Waals surface area (Å²) in [5.41, 5.74) is 5.40. The summed E-state index contributed by atoms with van der Waals surface area (Å²) in [6.45, 7) is 0. The normalized spacial score (nSPS) is 10.5. The predicted molar refractivity (Wildman–Crippen MR) is 71.2 cm³/mol. The molecule has 0 saturated heterocycles. The molecule has 0 radical (unpaired) electrons. The molecule has 0 aliphatic heterocycles. The number of nitrogens with zero attached hydrogens (tertiary/aromatic N) is 1. The molecule has 0 unspecified atom stereocenters. The summed E-state index contributed by atoms with van der Waals surface area (Å²) in [5, 5.41) is 12.5. The van der Waals surface area contributed by atoms with Crippen molar-refractivity contribution in [3.63, 3.8) is 0 Å². The van der Waals surface area contributed by atoms with Crippen LogP contribution in [0.1, 0.15) is 5.56 Å². The monoisotopic (exact) mass is 308 g/mol. The summed E-state index contributed by atoms with van der Waals surface area (Å²) < 4.78 is 0.623. The summed E-state index contributed by atoms with van der Waals surface area (Å²) in [4.78, 5) is 21.6. The van der Waals surface area contributed by atoms with Crippen LogP contribution in [0.5, 0.6) is 0 Å². The minimum atomic E-state index is -0.592. The van der Waals surface area contributed by atoms with Crippen molar-refractivity contribution in [1.29, 1.82) is 0 Å². The lowest BCUT2D eigenvalue weighted by molar-refractivity contribution is -0.385. The molecule has 0 fully saturated rings. The lowest BCUT2D eigenvalue weighted by Crippen LogP contribution is -2.15. The Labute approximate surface area is 111 Å². The van der Waals surface area contributed by atoms with Crippen molar-refractivity contribution in [2.75, 3.05) is 0 Å². The molecular formula is C12H9BrN2O3. The first-order valence-electron chi connectivity index (χ1n) is 5.13. The van der Waals surface area contributed by atoms with E-state index < -0.39 is 10.8 Å². The van der Waals surface area contributed by atoms with Gasteiger partial charge in [-0.05, 0) is 26.7 Å². The van der Waals surface area contributed by atoms with Gasteiger partial charge in [-0.15, -0.1) is 0 Å². The van der Waals surface area contributed by atoms with Gasteiger partial charge in [0.25, 0.3) is 5.69 Å². The number of primary amides is 1. The van der Waals surface area contributed by atoms with E-state index in [-0.39, 0.29) is 12.1 Å². The fourth-order valence-electron chi connectivity index (χ4n) is 1.90. The lowest BCUT2D eigenvalue weighted by Gasteiger charge is -2.07. The number of nitro groups is 1. The second kappa shape index (κ2) is 4.73. The van der Waals surface area contributed by atoms with Gasteiger partial charge in [0.1, 0.15) is 0 Å².